The maximum Gasteiger partial charge on any atom is 0.433 e. The van der Waals surface area contributed by atoms with Crippen molar-refractivity contribution in [2.24, 2.45) is 0 Å². The molecule has 0 aliphatic rings. The average Bonchev–Trinajstić information content (AvgIpc) is 2.55. The van der Waals surface area contributed by atoms with Crippen molar-refractivity contribution in [3.05, 3.63) is 54.1 Å². The number of hydrogen-bond acceptors (Lipinski definition) is 5. The highest BCUT2D eigenvalue weighted by molar-refractivity contribution is 7.89. The fourth-order valence-corrected chi connectivity index (χ4v) is 2.46. The second kappa shape index (κ2) is 6.93. The Morgan fingerprint density at radius 2 is 1.88 bits per heavy atom. The Kier molecular flexibility index (Phi) is 5.14. The van der Waals surface area contributed by atoms with Crippen molar-refractivity contribution >= 4 is 15.9 Å². The summed E-state index contributed by atoms with van der Waals surface area (Å²) in [5, 5.41) is 2.27. The van der Waals surface area contributed by atoms with Gasteiger partial charge in [-0.3, -0.25) is 14.8 Å². The lowest BCUT2D eigenvalue weighted by Gasteiger charge is -2.09. The van der Waals surface area contributed by atoms with E-state index in [1.165, 1.54) is 12.3 Å². The van der Waals surface area contributed by atoms with Crippen molar-refractivity contribution < 1.29 is 26.4 Å². The molecule has 24 heavy (non-hydrogen) atoms. The number of pyridine rings is 2. The van der Waals surface area contributed by atoms with Gasteiger partial charge in [-0.1, -0.05) is 6.07 Å². The van der Waals surface area contributed by atoms with E-state index in [1.54, 1.807) is 12.1 Å². The topological polar surface area (TPSA) is 101 Å². The molecule has 0 spiro atoms. The van der Waals surface area contributed by atoms with Crippen LogP contribution < -0.4 is 10.0 Å². The van der Waals surface area contributed by atoms with Crippen LogP contribution in [0.3, 0.4) is 0 Å². The van der Waals surface area contributed by atoms with Gasteiger partial charge in [0.2, 0.25) is 10.0 Å². The van der Waals surface area contributed by atoms with Crippen LogP contribution in [-0.4, -0.2) is 31.0 Å². The number of carbonyl (C=O) groups excluding carboxylic acids is 1. The summed E-state index contributed by atoms with van der Waals surface area (Å²) < 4.78 is 63.0. The number of sulfonamides is 1. The standard InChI is InChI=1S/C13H11F3N4O3S/c14-13(15,16)11-5-4-9(7-18-11)24(22,23)20-8-19-12(21)10-3-1-2-6-17-10/h1-7,20H,8H2,(H,19,21). The summed E-state index contributed by atoms with van der Waals surface area (Å²) in [6.45, 7) is -0.460. The quantitative estimate of drug-likeness (QED) is 0.780. The molecule has 2 aromatic heterocycles. The van der Waals surface area contributed by atoms with Crippen molar-refractivity contribution in [3.63, 3.8) is 0 Å². The monoisotopic (exact) mass is 360 g/mol. The van der Waals surface area contributed by atoms with Crippen molar-refractivity contribution in [2.75, 3.05) is 6.67 Å². The third kappa shape index (κ3) is 4.49. The minimum Gasteiger partial charge on any atom is -0.337 e. The number of alkyl halides is 3. The number of aromatic nitrogens is 2. The van der Waals surface area contributed by atoms with Gasteiger partial charge in [0.1, 0.15) is 16.3 Å². The molecule has 7 nitrogen and oxygen atoms in total. The number of halogens is 3. The van der Waals surface area contributed by atoms with E-state index in [-0.39, 0.29) is 5.69 Å². The van der Waals surface area contributed by atoms with Gasteiger partial charge in [-0.2, -0.15) is 17.9 Å². The van der Waals surface area contributed by atoms with Crippen LogP contribution in [0, 0.1) is 0 Å². The van der Waals surface area contributed by atoms with Gasteiger partial charge in [-0.15, -0.1) is 0 Å². The minimum absolute atomic E-state index is 0.0906. The zero-order chi connectivity index (χ0) is 17.8. The van der Waals surface area contributed by atoms with Gasteiger partial charge in [0, 0.05) is 12.4 Å². The first kappa shape index (κ1) is 17.8. The Labute approximate surface area is 135 Å². The van der Waals surface area contributed by atoms with Gasteiger partial charge >= 0.3 is 6.18 Å². The second-order valence-electron chi connectivity index (χ2n) is 4.42. The van der Waals surface area contributed by atoms with Crippen LogP contribution >= 0.6 is 0 Å². The van der Waals surface area contributed by atoms with E-state index in [0.29, 0.717) is 12.3 Å². The summed E-state index contributed by atoms with van der Waals surface area (Å²) in [4.78, 5) is 18.1. The van der Waals surface area contributed by atoms with Crippen LogP contribution in [0.25, 0.3) is 0 Å². The first-order valence-corrected chi connectivity index (χ1v) is 7.90. The Bertz CT molecular complexity index is 809. The van der Waals surface area contributed by atoms with Gasteiger partial charge in [0.05, 0.1) is 6.67 Å². The molecule has 0 fully saturated rings. The fraction of sp³-hybridized carbons (Fsp3) is 0.154. The molecule has 0 aliphatic heterocycles. The van der Waals surface area contributed by atoms with Crippen LogP contribution in [0.4, 0.5) is 13.2 Å². The number of nitrogens with one attached hydrogen (secondary N) is 2. The van der Waals surface area contributed by atoms with E-state index in [4.69, 9.17) is 0 Å². The van der Waals surface area contributed by atoms with Crippen molar-refractivity contribution in [2.45, 2.75) is 11.1 Å². The van der Waals surface area contributed by atoms with Crippen molar-refractivity contribution in [1.82, 2.24) is 20.0 Å². The molecule has 2 rings (SSSR count). The number of carbonyl (C=O) groups is 1. The van der Waals surface area contributed by atoms with Crippen molar-refractivity contribution in [1.29, 1.82) is 0 Å². The summed E-state index contributed by atoms with van der Waals surface area (Å²) in [6.07, 6.45) is -2.68. The third-order valence-corrected chi connectivity index (χ3v) is 4.13. The summed E-state index contributed by atoms with van der Waals surface area (Å²) >= 11 is 0. The predicted molar refractivity (Wildman–Crippen MR) is 76.1 cm³/mol. The van der Waals surface area contributed by atoms with Gasteiger partial charge < -0.3 is 5.32 Å². The van der Waals surface area contributed by atoms with E-state index in [9.17, 15) is 26.4 Å². The lowest BCUT2D eigenvalue weighted by Crippen LogP contribution is -2.37. The highest BCUT2D eigenvalue weighted by Gasteiger charge is 2.32. The van der Waals surface area contributed by atoms with E-state index < -0.39 is 39.4 Å². The zero-order valence-electron chi connectivity index (χ0n) is 11.9. The van der Waals surface area contributed by atoms with E-state index in [0.717, 1.165) is 6.07 Å². The van der Waals surface area contributed by atoms with Crippen LogP contribution in [-0.2, 0) is 16.2 Å². The lowest BCUT2D eigenvalue weighted by atomic mass is 10.3. The number of nitrogens with zero attached hydrogens (tertiary/aromatic N) is 2. The molecule has 11 heteroatoms. The lowest BCUT2D eigenvalue weighted by molar-refractivity contribution is -0.141. The molecule has 2 heterocycles. The Morgan fingerprint density at radius 3 is 2.42 bits per heavy atom. The second-order valence-corrected chi connectivity index (χ2v) is 6.19. The zero-order valence-corrected chi connectivity index (χ0v) is 12.7. The molecular formula is C13H11F3N4O3S. The summed E-state index contributed by atoms with van der Waals surface area (Å²) in [7, 11) is -4.12. The highest BCUT2D eigenvalue weighted by Crippen LogP contribution is 2.27. The molecule has 0 bridgehead atoms. The molecule has 0 saturated carbocycles. The molecule has 128 valence electrons. The third-order valence-electron chi connectivity index (χ3n) is 2.75. The molecule has 0 aliphatic carbocycles. The molecule has 1 amide bonds. The maximum atomic E-state index is 12.4. The molecule has 2 N–H and O–H groups in total. The van der Waals surface area contributed by atoms with E-state index >= 15 is 0 Å². The van der Waals surface area contributed by atoms with Gasteiger partial charge in [-0.05, 0) is 24.3 Å². The van der Waals surface area contributed by atoms with Crippen molar-refractivity contribution in [3.8, 4) is 0 Å². The van der Waals surface area contributed by atoms with Crippen LogP contribution in [0.2, 0.25) is 0 Å². The number of rotatable bonds is 5. The van der Waals surface area contributed by atoms with E-state index in [1.807, 2.05) is 4.72 Å². The van der Waals surface area contributed by atoms with E-state index in [2.05, 4.69) is 15.3 Å². The molecule has 2 aromatic rings. The smallest absolute Gasteiger partial charge is 0.337 e. The normalized spacial score (nSPS) is 12.0. The number of amides is 1. The van der Waals surface area contributed by atoms with Gasteiger partial charge in [-0.25, -0.2) is 8.42 Å². The Hall–Kier alpha value is -2.53. The summed E-state index contributed by atoms with van der Waals surface area (Å²) in [5.74, 6) is -0.608. The largest absolute Gasteiger partial charge is 0.433 e. The molecule has 0 radical (unpaired) electrons. The Balaban J connectivity index is 1.98. The SMILES string of the molecule is O=C(NCNS(=O)(=O)c1ccc(C(F)(F)F)nc1)c1ccccn1. The number of hydrogen-bond donors (Lipinski definition) is 2. The first-order chi connectivity index (χ1) is 11.2. The van der Waals surface area contributed by atoms with Crippen LogP contribution in [0.5, 0.6) is 0 Å². The minimum atomic E-state index is -4.66. The Morgan fingerprint density at radius 1 is 1.12 bits per heavy atom. The molecular weight excluding hydrogens is 349 g/mol. The van der Waals surface area contributed by atoms with Gasteiger partial charge in [0.15, 0.2) is 0 Å². The van der Waals surface area contributed by atoms with Crippen LogP contribution in [0.15, 0.2) is 47.6 Å². The molecule has 0 saturated heterocycles. The maximum absolute atomic E-state index is 12.4. The first-order valence-electron chi connectivity index (χ1n) is 6.42. The molecule has 0 aromatic carbocycles. The molecule has 0 unspecified atom stereocenters. The van der Waals surface area contributed by atoms with Gasteiger partial charge in [0.25, 0.3) is 5.91 Å². The van der Waals surface area contributed by atoms with Crippen LogP contribution in [0.1, 0.15) is 16.2 Å². The molecule has 0 atom stereocenters. The fourth-order valence-electron chi connectivity index (χ4n) is 1.59. The highest BCUT2D eigenvalue weighted by atomic mass is 32.2. The predicted octanol–water partition coefficient (Wildman–Crippen LogP) is 1.16. The average molecular weight is 360 g/mol. The summed E-state index contributed by atoms with van der Waals surface area (Å²) in [6, 6.07) is 5.96. The summed E-state index contributed by atoms with van der Waals surface area (Å²) in [5.41, 5.74) is -1.11.